The molecule has 18 heteroatoms. The van der Waals surface area contributed by atoms with Gasteiger partial charge in [-0.3, -0.25) is 9.97 Å². The van der Waals surface area contributed by atoms with E-state index in [1.165, 1.54) is 48.2 Å². The number of nitrogens with one attached hydrogen (secondary N) is 2. The highest BCUT2D eigenvalue weighted by atomic mass is 35.7. The predicted molar refractivity (Wildman–Crippen MR) is 217 cm³/mol. The minimum absolute atomic E-state index is 0.153. The summed E-state index contributed by atoms with van der Waals surface area (Å²) in [6.45, 7) is 0.897. The van der Waals surface area contributed by atoms with E-state index in [1.807, 2.05) is 48.9 Å². The third kappa shape index (κ3) is 11.4. The van der Waals surface area contributed by atoms with Crippen LogP contribution in [0.1, 0.15) is 56.3 Å². The maximum atomic E-state index is 12.2. The topological polar surface area (TPSA) is 228 Å². The van der Waals surface area contributed by atoms with Crippen molar-refractivity contribution in [3.05, 3.63) is 85.0 Å². The smallest absolute Gasteiger partial charge is 0.245 e. The first-order chi connectivity index (χ1) is 27.5. The van der Waals surface area contributed by atoms with Crippen LogP contribution in [0.4, 0.5) is 0 Å². The van der Waals surface area contributed by atoms with Crippen LogP contribution in [0, 0.1) is 34.5 Å². The molecule has 1 atom stereocenters. The Bertz CT molecular complexity index is 2600. The number of piperidine rings is 1. The lowest BCUT2D eigenvalue weighted by molar-refractivity contribution is 0.265. The standard InChI is InChI=1S/C19H20N6O2S.C18H20N4.C2H2ClNO2S/c20-6-10-28(26,27)25-9-2-3-14(13-25)11-17-15(4-1-7-21-17)18-12-23-19-16(24-18)5-8-22-19;1-2-5-13(6-3-1)11-16-14(7-4-9-19-16)17-12-21-18-15(22-17)8-10-20-18;3-7(5,6)2-1-4/h1,4-5,7-8,12,14H,2-3,9-11,13H2,(H,22,23);4,7-10,12-13H,1-3,5-6,11H2,(H,20,21);2H2/t14-;;/m1../s1. The summed E-state index contributed by atoms with van der Waals surface area (Å²) >= 11 is 0. The molecule has 2 N–H and O–H groups in total. The fourth-order valence-electron chi connectivity index (χ4n) is 7.22. The van der Waals surface area contributed by atoms with Crippen LogP contribution in [0.25, 0.3) is 44.8 Å². The number of hydrogen-bond donors (Lipinski definition) is 2. The van der Waals surface area contributed by atoms with Crippen molar-refractivity contribution in [2.45, 2.75) is 57.8 Å². The Balaban J connectivity index is 0.000000169. The minimum Gasteiger partial charge on any atom is -0.345 e. The van der Waals surface area contributed by atoms with Crippen molar-refractivity contribution < 1.29 is 16.8 Å². The van der Waals surface area contributed by atoms with Gasteiger partial charge in [-0.1, -0.05) is 32.1 Å². The number of sulfonamides is 1. The van der Waals surface area contributed by atoms with Crippen molar-refractivity contribution in [1.29, 1.82) is 10.5 Å². The summed E-state index contributed by atoms with van der Waals surface area (Å²) in [6.07, 6.45) is 21.1. The van der Waals surface area contributed by atoms with Crippen molar-refractivity contribution >= 4 is 52.1 Å². The molecule has 0 amide bonds. The average Bonchev–Trinajstić information content (AvgIpc) is 3.88. The molecule has 2 fully saturated rings. The lowest BCUT2D eigenvalue weighted by Crippen LogP contribution is -2.41. The average molecular weight is 828 g/mol. The zero-order chi connectivity index (χ0) is 40.3. The van der Waals surface area contributed by atoms with Gasteiger partial charge in [-0.25, -0.2) is 41.1 Å². The molecule has 0 aromatic carbocycles. The number of fused-ring (bicyclic) bond motifs is 2. The molecule has 6 aromatic rings. The van der Waals surface area contributed by atoms with Gasteiger partial charge in [0.05, 0.1) is 47.3 Å². The highest BCUT2D eigenvalue weighted by Crippen LogP contribution is 2.31. The summed E-state index contributed by atoms with van der Waals surface area (Å²) in [4.78, 5) is 33.6. The summed E-state index contributed by atoms with van der Waals surface area (Å²) in [5.41, 5.74) is 9.03. The molecule has 296 valence electrons. The summed E-state index contributed by atoms with van der Waals surface area (Å²) in [6, 6.07) is 14.9. The van der Waals surface area contributed by atoms with Crippen LogP contribution in [-0.2, 0) is 31.9 Å². The third-order valence-corrected chi connectivity index (χ3v) is 12.3. The largest absolute Gasteiger partial charge is 0.345 e. The molecule has 1 aliphatic heterocycles. The predicted octanol–water partition coefficient (Wildman–Crippen LogP) is 6.35. The van der Waals surface area contributed by atoms with E-state index in [0.717, 1.165) is 75.7 Å². The summed E-state index contributed by atoms with van der Waals surface area (Å²) in [5, 5.41) is 16.5. The zero-order valence-electron chi connectivity index (χ0n) is 31.1. The maximum Gasteiger partial charge on any atom is 0.245 e. The van der Waals surface area contributed by atoms with Gasteiger partial charge in [-0.15, -0.1) is 0 Å². The molecule has 1 saturated carbocycles. The Morgan fingerprint density at radius 1 is 0.702 bits per heavy atom. The summed E-state index contributed by atoms with van der Waals surface area (Å²) < 4.78 is 45.5. The molecule has 2 aliphatic rings. The molecule has 6 aromatic heterocycles. The third-order valence-electron chi connectivity index (χ3n) is 9.90. The van der Waals surface area contributed by atoms with E-state index in [0.29, 0.717) is 19.5 Å². The van der Waals surface area contributed by atoms with Crippen LogP contribution in [0.3, 0.4) is 0 Å². The van der Waals surface area contributed by atoms with E-state index in [-0.39, 0.29) is 5.92 Å². The van der Waals surface area contributed by atoms with Crippen LogP contribution in [-0.4, -0.2) is 85.6 Å². The number of pyridine rings is 2. The van der Waals surface area contributed by atoms with Gasteiger partial charge < -0.3 is 9.97 Å². The Labute approximate surface area is 336 Å². The second-order valence-electron chi connectivity index (χ2n) is 14.0. The van der Waals surface area contributed by atoms with Crippen LogP contribution in [0.15, 0.2) is 73.6 Å². The van der Waals surface area contributed by atoms with E-state index >= 15 is 0 Å². The number of aromatic amines is 2. The molecule has 57 heavy (non-hydrogen) atoms. The number of halogens is 1. The van der Waals surface area contributed by atoms with Gasteiger partial charge in [0.25, 0.3) is 0 Å². The Hall–Kier alpha value is -5.33. The van der Waals surface area contributed by atoms with Gasteiger partial charge >= 0.3 is 0 Å². The monoisotopic (exact) mass is 827 g/mol. The van der Waals surface area contributed by atoms with Gasteiger partial charge in [0, 0.05) is 59.7 Å². The maximum absolute atomic E-state index is 12.2. The van der Waals surface area contributed by atoms with Gasteiger partial charge in [0.1, 0.15) is 11.0 Å². The van der Waals surface area contributed by atoms with E-state index < -0.39 is 30.6 Å². The normalized spacial score (nSPS) is 16.4. The SMILES string of the molecule is N#CCS(=O)(=O)Cl.N#CCS(=O)(=O)N1CCC[C@H](Cc2ncccc2-c2cnc3[nH]ccc3n2)C1.c1cnc(CC2CCCCC2)c(-c2cnc3[nH]ccc3n2)c1. The number of H-pyrrole nitrogens is 2. The van der Waals surface area contributed by atoms with Gasteiger partial charge in [0.2, 0.25) is 19.1 Å². The molecule has 15 nitrogen and oxygen atoms in total. The first-order valence-corrected chi connectivity index (χ1v) is 22.7. The number of hydrogen-bond acceptors (Lipinski definition) is 12. The van der Waals surface area contributed by atoms with Crippen LogP contribution in [0.5, 0.6) is 0 Å². The highest BCUT2D eigenvalue weighted by Gasteiger charge is 2.29. The highest BCUT2D eigenvalue weighted by molar-refractivity contribution is 8.13. The molecule has 0 bridgehead atoms. The molecular formula is C39H42ClN11O4S2. The van der Waals surface area contributed by atoms with E-state index in [9.17, 15) is 16.8 Å². The Morgan fingerprint density at radius 3 is 1.74 bits per heavy atom. The van der Waals surface area contributed by atoms with Crippen LogP contribution >= 0.6 is 10.7 Å². The van der Waals surface area contributed by atoms with Crippen molar-refractivity contribution in [1.82, 2.24) is 44.2 Å². The van der Waals surface area contributed by atoms with Crippen molar-refractivity contribution in [2.24, 2.45) is 11.8 Å². The van der Waals surface area contributed by atoms with E-state index in [1.54, 1.807) is 24.7 Å². The molecule has 0 radical (unpaired) electrons. The Kier molecular flexibility index (Phi) is 13.9. The van der Waals surface area contributed by atoms with Crippen LogP contribution < -0.4 is 0 Å². The van der Waals surface area contributed by atoms with E-state index in [2.05, 4.69) is 51.6 Å². The molecule has 7 heterocycles. The number of nitrogens with zero attached hydrogens (tertiary/aromatic N) is 9. The first kappa shape index (κ1) is 41.3. The summed E-state index contributed by atoms with van der Waals surface area (Å²) in [5.74, 6) is -0.166. The number of nitriles is 2. The first-order valence-electron chi connectivity index (χ1n) is 18.7. The van der Waals surface area contributed by atoms with Crippen molar-refractivity contribution in [3.8, 4) is 34.7 Å². The lowest BCUT2D eigenvalue weighted by Gasteiger charge is -2.31. The molecule has 0 spiro atoms. The second kappa shape index (κ2) is 19.2. The van der Waals surface area contributed by atoms with E-state index in [4.69, 9.17) is 15.5 Å². The van der Waals surface area contributed by atoms with Gasteiger partial charge in [0.15, 0.2) is 22.8 Å². The minimum atomic E-state index is -3.56. The quantitative estimate of drug-likeness (QED) is 0.152. The Morgan fingerprint density at radius 2 is 1.23 bits per heavy atom. The molecule has 1 saturated heterocycles. The fraction of sp³-hybridized carbons (Fsp3) is 0.385. The van der Waals surface area contributed by atoms with Crippen molar-refractivity contribution in [3.63, 3.8) is 0 Å². The zero-order valence-corrected chi connectivity index (χ0v) is 33.5. The second-order valence-corrected chi connectivity index (χ2v) is 18.7. The summed E-state index contributed by atoms with van der Waals surface area (Å²) in [7, 11) is -2.49. The van der Waals surface area contributed by atoms with Gasteiger partial charge in [-0.2, -0.15) is 10.5 Å². The molecule has 8 rings (SSSR count). The molecule has 1 aliphatic carbocycles. The van der Waals surface area contributed by atoms with Crippen molar-refractivity contribution in [2.75, 3.05) is 24.6 Å². The lowest BCUT2D eigenvalue weighted by atomic mass is 9.85. The fourth-order valence-corrected chi connectivity index (χ4v) is 8.71. The molecule has 0 unspecified atom stereocenters. The van der Waals surface area contributed by atoms with Gasteiger partial charge in [-0.05, 0) is 73.9 Å². The number of rotatable bonds is 9. The number of aromatic nitrogens is 8. The van der Waals surface area contributed by atoms with Crippen LogP contribution in [0.2, 0.25) is 0 Å². The molecular weight excluding hydrogens is 786 g/mol.